The molecule has 0 spiro atoms. The van der Waals surface area contributed by atoms with Gasteiger partial charge in [-0.25, -0.2) is 4.98 Å². The van der Waals surface area contributed by atoms with Gasteiger partial charge in [-0.2, -0.15) is 0 Å². The summed E-state index contributed by atoms with van der Waals surface area (Å²) in [4.78, 5) is 4.03. The van der Waals surface area contributed by atoms with E-state index >= 15 is 0 Å². The van der Waals surface area contributed by atoms with Crippen molar-refractivity contribution in [1.29, 1.82) is 0 Å². The summed E-state index contributed by atoms with van der Waals surface area (Å²) in [5.41, 5.74) is 6.49. The Morgan fingerprint density at radius 3 is 2.22 bits per heavy atom. The Kier molecular flexibility index (Phi) is 1.45. The molecule has 0 fully saturated rings. The van der Waals surface area contributed by atoms with E-state index in [1.54, 1.807) is 0 Å². The molecule has 0 amide bonds. The lowest BCUT2D eigenvalue weighted by Gasteiger charge is -1.94. The Bertz CT molecular complexity index is 206. The van der Waals surface area contributed by atoms with Crippen molar-refractivity contribution in [2.24, 2.45) is 0 Å². The van der Waals surface area contributed by atoms with Gasteiger partial charge < -0.3 is 10.1 Å². The summed E-state index contributed by atoms with van der Waals surface area (Å²) in [6.45, 7) is 3.85. The predicted octanol–water partition coefficient (Wildman–Crippen LogP) is 0.720. The van der Waals surface area contributed by atoms with Crippen molar-refractivity contribution < 1.29 is 0 Å². The number of nitrogen functional groups attached to an aromatic ring is 1. The lowest BCUT2D eigenvalue weighted by Crippen LogP contribution is -1.87. The molecule has 0 aromatic carbocycles. The van der Waals surface area contributed by atoms with E-state index < -0.39 is 0 Å². The number of nitrogens with two attached hydrogens (primary N) is 1. The molecule has 2 N–H and O–H groups in total. The smallest absolute Gasteiger partial charge is 0.145 e. The molecule has 0 aliphatic carbocycles. The fraction of sp³-hybridized carbons (Fsp3) is 0.400. The topological polar surface area (TPSA) is 43.8 Å². The maximum Gasteiger partial charge on any atom is 0.145 e. The third-order valence-electron chi connectivity index (χ3n) is 1.36. The second kappa shape index (κ2) is 1.99. The molecular weight excluding hydrogens is 133 g/mol. The van der Waals surface area contributed by atoms with Gasteiger partial charge in [0.05, 0.1) is 5.69 Å². The zero-order valence-electron chi connectivity index (χ0n) is 5.55. The Morgan fingerprint density at radius 2 is 2.11 bits per heavy atom. The van der Waals surface area contributed by atoms with Gasteiger partial charge >= 0.3 is 0 Å². The molecule has 1 rings (SSSR count). The van der Waals surface area contributed by atoms with Crippen molar-refractivity contribution in [1.82, 2.24) is 9.32 Å². The molecule has 0 saturated heterocycles. The summed E-state index contributed by atoms with van der Waals surface area (Å²) in [6, 6.07) is 0. The summed E-state index contributed by atoms with van der Waals surface area (Å²) in [5, 5.41) is 0. The van der Waals surface area contributed by atoms with Crippen molar-refractivity contribution in [3.05, 3.63) is 11.5 Å². The molecule has 0 saturated carbocycles. The third kappa shape index (κ3) is 0.924. The average molecular weight is 143 g/mol. The largest absolute Gasteiger partial charge is 0.382 e. The van der Waals surface area contributed by atoms with Crippen LogP contribution in [0.5, 0.6) is 0 Å². The van der Waals surface area contributed by atoms with Crippen molar-refractivity contribution in [2.75, 3.05) is 5.73 Å². The summed E-state index contributed by atoms with van der Waals surface area (Å²) >= 11 is 0. The maximum absolute atomic E-state index is 5.50. The van der Waals surface area contributed by atoms with Crippen LogP contribution in [0, 0.1) is 13.8 Å². The first-order valence-electron chi connectivity index (χ1n) is 2.69. The highest BCUT2D eigenvalue weighted by molar-refractivity contribution is 7.14. The van der Waals surface area contributed by atoms with Gasteiger partial charge in [0.15, 0.2) is 0 Å². The highest BCUT2D eigenvalue weighted by Crippen LogP contribution is 2.13. The maximum atomic E-state index is 5.50. The van der Waals surface area contributed by atoms with E-state index in [9.17, 15) is 0 Å². The van der Waals surface area contributed by atoms with Crippen LogP contribution in [-0.2, 0) is 0 Å². The summed E-state index contributed by atoms with van der Waals surface area (Å²) in [6.07, 6.45) is 0. The molecule has 3 nitrogen and oxygen atoms in total. The van der Waals surface area contributed by atoms with Crippen LogP contribution in [0.1, 0.15) is 11.5 Å². The van der Waals surface area contributed by atoms with Gasteiger partial charge in [-0.3, -0.25) is 0 Å². The minimum Gasteiger partial charge on any atom is -0.382 e. The number of rotatable bonds is 0. The Balaban J connectivity index is 3.29. The minimum atomic E-state index is 0.613. The van der Waals surface area contributed by atoms with Gasteiger partial charge in [0.25, 0.3) is 0 Å². The zero-order chi connectivity index (χ0) is 7.02. The predicted molar refractivity (Wildman–Crippen MR) is 41.2 cm³/mol. The molecule has 0 aliphatic rings. The van der Waals surface area contributed by atoms with Gasteiger partial charge in [0.2, 0.25) is 0 Å². The van der Waals surface area contributed by atoms with Crippen molar-refractivity contribution in [3.63, 3.8) is 0 Å². The Morgan fingerprint density at radius 1 is 1.56 bits per heavy atom. The third-order valence-corrected chi connectivity index (χ3v) is 2.12. The Hall–Kier alpha value is -0.560. The molecule has 4 heteroatoms. The normalized spacial score (nSPS) is 10.1. The number of hydrogen-bond donors (Lipinski definition) is 1. The van der Waals surface area contributed by atoms with Crippen LogP contribution < -0.4 is 5.73 Å². The molecule has 0 aliphatic heterocycles. The molecule has 1 atom stereocenters. The number of hydrogen-bond acceptors (Lipinski definition) is 2. The van der Waals surface area contributed by atoms with E-state index in [0.29, 0.717) is 5.82 Å². The minimum absolute atomic E-state index is 0.613. The van der Waals surface area contributed by atoms with Crippen LogP contribution in [0.25, 0.3) is 0 Å². The van der Waals surface area contributed by atoms with Gasteiger partial charge in [-0.05, 0) is 23.2 Å². The number of aromatic nitrogens is 2. The molecule has 9 heavy (non-hydrogen) atoms. The lowest BCUT2D eigenvalue weighted by molar-refractivity contribution is 1.06. The lowest BCUT2D eigenvalue weighted by atomic mass is 10.5. The van der Waals surface area contributed by atoms with Crippen molar-refractivity contribution in [2.45, 2.75) is 13.8 Å². The van der Waals surface area contributed by atoms with Gasteiger partial charge in [-0.1, -0.05) is 0 Å². The highest BCUT2D eigenvalue weighted by atomic mass is 31.0. The van der Waals surface area contributed by atoms with E-state index in [0.717, 1.165) is 11.5 Å². The molecule has 0 radical (unpaired) electrons. The number of nitrogens with zero attached hydrogens (tertiary/aromatic N) is 2. The molecule has 50 valence electrons. The van der Waals surface area contributed by atoms with Crippen LogP contribution >= 0.6 is 9.39 Å². The molecule has 1 unspecified atom stereocenters. The van der Waals surface area contributed by atoms with Crippen molar-refractivity contribution >= 4 is 15.2 Å². The standard InChI is InChI=1S/C5H10N3P/c1-3-5(6)7-4(2)8(3)9/h6,9H2,1-2H3. The van der Waals surface area contributed by atoms with E-state index in [1.807, 2.05) is 18.2 Å². The molecule has 1 aromatic heterocycles. The van der Waals surface area contributed by atoms with Gasteiger partial charge in [0, 0.05) is 0 Å². The highest BCUT2D eigenvalue weighted by Gasteiger charge is 2.01. The Labute approximate surface area is 56.5 Å². The SMILES string of the molecule is Cc1nc(N)c(C)n1P. The van der Waals surface area contributed by atoms with Crippen molar-refractivity contribution in [3.8, 4) is 0 Å². The van der Waals surface area contributed by atoms with Crippen LogP contribution in [0.4, 0.5) is 5.82 Å². The van der Waals surface area contributed by atoms with E-state index in [-0.39, 0.29) is 0 Å². The second-order valence-electron chi connectivity index (χ2n) is 2.00. The zero-order valence-corrected chi connectivity index (χ0v) is 6.70. The fourth-order valence-corrected chi connectivity index (χ4v) is 0.865. The first-order valence-corrected chi connectivity index (χ1v) is 3.21. The first-order chi connectivity index (χ1) is 4.13. The average Bonchev–Trinajstić information content (AvgIpc) is 1.98. The molecular formula is C5H10N3P. The van der Waals surface area contributed by atoms with Crippen LogP contribution in [0.15, 0.2) is 0 Å². The summed E-state index contributed by atoms with van der Waals surface area (Å²) in [5.74, 6) is 1.54. The van der Waals surface area contributed by atoms with E-state index in [4.69, 9.17) is 5.73 Å². The van der Waals surface area contributed by atoms with Crippen LogP contribution in [-0.4, -0.2) is 9.32 Å². The van der Waals surface area contributed by atoms with E-state index in [1.165, 1.54) is 0 Å². The summed E-state index contributed by atoms with van der Waals surface area (Å²) in [7, 11) is 2.54. The van der Waals surface area contributed by atoms with E-state index in [2.05, 4.69) is 14.4 Å². The molecule has 0 bridgehead atoms. The van der Waals surface area contributed by atoms with Crippen LogP contribution in [0.2, 0.25) is 0 Å². The van der Waals surface area contributed by atoms with Gasteiger partial charge in [-0.15, -0.1) is 0 Å². The fourth-order valence-electron chi connectivity index (χ4n) is 0.675. The van der Waals surface area contributed by atoms with Gasteiger partial charge in [0.1, 0.15) is 11.6 Å². The number of anilines is 1. The van der Waals surface area contributed by atoms with Crippen LogP contribution in [0.3, 0.4) is 0 Å². The molecule has 1 aromatic rings. The number of imidazole rings is 1. The second-order valence-corrected chi connectivity index (χ2v) is 2.52. The quantitative estimate of drug-likeness (QED) is 0.544. The first kappa shape index (κ1) is 6.56. The monoisotopic (exact) mass is 143 g/mol. The number of aryl methyl sites for hydroxylation is 1. The summed E-state index contributed by atoms with van der Waals surface area (Å²) < 4.78 is 1.88. The molecule has 1 heterocycles.